The first-order chi connectivity index (χ1) is 20.5. The molecule has 1 saturated heterocycles. The Balaban J connectivity index is 1.10. The van der Waals surface area contributed by atoms with Crippen molar-refractivity contribution >= 4 is 51.8 Å². The minimum atomic E-state index is -4.71. The Morgan fingerprint density at radius 2 is 1.79 bits per heavy atom. The van der Waals surface area contributed by atoms with Crippen molar-refractivity contribution < 1.29 is 27.6 Å². The van der Waals surface area contributed by atoms with Gasteiger partial charge in [-0.1, -0.05) is 33.9 Å². The van der Waals surface area contributed by atoms with E-state index >= 15 is 0 Å². The van der Waals surface area contributed by atoms with Crippen LogP contribution in [0, 0.1) is 5.41 Å². The first-order valence-electron chi connectivity index (χ1n) is 14.0. The molecule has 222 valence electrons. The molecule has 7 rings (SSSR count). The monoisotopic (exact) mass is 628 g/mol. The third kappa shape index (κ3) is 5.14. The van der Waals surface area contributed by atoms with E-state index in [1.165, 1.54) is 17.7 Å². The molecule has 0 radical (unpaired) electrons. The van der Waals surface area contributed by atoms with Gasteiger partial charge in [0, 0.05) is 53.6 Å². The Hall–Kier alpha value is -3.63. The SMILES string of the molecule is O=C(O)c1cc(C(F)(F)F)c2cc(N3CCC4(CC3)CC(=Cc3c(-c5c(Cl)cncc5Cl)noc3C3CC3)C4)ccc2n1. The fraction of sp³-hybridized carbons (Fsp3) is 0.355. The molecule has 2 saturated carbocycles. The summed E-state index contributed by atoms with van der Waals surface area (Å²) in [6.45, 7) is 1.41. The maximum Gasteiger partial charge on any atom is 0.417 e. The molecule has 4 heterocycles. The number of carboxylic acid groups (broad SMARTS) is 1. The van der Waals surface area contributed by atoms with Gasteiger partial charge in [0.1, 0.15) is 17.1 Å². The molecule has 7 nitrogen and oxygen atoms in total. The van der Waals surface area contributed by atoms with Gasteiger partial charge in [-0.05, 0) is 74.3 Å². The molecule has 1 aliphatic heterocycles. The lowest BCUT2D eigenvalue weighted by atomic mass is 9.60. The number of halogens is 5. The van der Waals surface area contributed by atoms with E-state index in [1.54, 1.807) is 18.5 Å². The van der Waals surface area contributed by atoms with E-state index in [2.05, 4.69) is 26.1 Å². The third-order valence-electron chi connectivity index (χ3n) is 8.85. The van der Waals surface area contributed by atoms with Crippen molar-refractivity contribution in [2.24, 2.45) is 5.41 Å². The van der Waals surface area contributed by atoms with Gasteiger partial charge in [0.05, 0.1) is 21.1 Å². The highest BCUT2D eigenvalue weighted by Gasteiger charge is 2.43. The summed E-state index contributed by atoms with van der Waals surface area (Å²) in [5.74, 6) is -0.294. The van der Waals surface area contributed by atoms with Crippen molar-refractivity contribution in [3.05, 3.63) is 74.9 Å². The van der Waals surface area contributed by atoms with Gasteiger partial charge in [-0.2, -0.15) is 13.2 Å². The van der Waals surface area contributed by atoms with Crippen molar-refractivity contribution in [1.29, 1.82) is 0 Å². The summed E-state index contributed by atoms with van der Waals surface area (Å²) in [5, 5.41) is 14.3. The molecular weight excluding hydrogens is 604 g/mol. The predicted molar refractivity (Wildman–Crippen MR) is 157 cm³/mol. The number of carbonyl (C=O) groups is 1. The summed E-state index contributed by atoms with van der Waals surface area (Å²) in [6.07, 6.45) is 6.30. The summed E-state index contributed by atoms with van der Waals surface area (Å²) in [6, 6.07) is 5.26. The number of piperidine rings is 1. The quantitative estimate of drug-likeness (QED) is 0.236. The van der Waals surface area contributed by atoms with Gasteiger partial charge >= 0.3 is 12.1 Å². The first-order valence-corrected chi connectivity index (χ1v) is 14.8. The lowest BCUT2D eigenvalue weighted by molar-refractivity contribution is -0.136. The van der Waals surface area contributed by atoms with Crippen LogP contribution in [0.25, 0.3) is 28.2 Å². The number of nitrogens with zero attached hydrogens (tertiary/aromatic N) is 4. The van der Waals surface area contributed by atoms with Crippen LogP contribution in [-0.2, 0) is 6.18 Å². The van der Waals surface area contributed by atoms with Crippen LogP contribution in [0.5, 0.6) is 0 Å². The summed E-state index contributed by atoms with van der Waals surface area (Å²) < 4.78 is 47.3. The van der Waals surface area contributed by atoms with E-state index in [9.17, 15) is 23.1 Å². The number of pyridine rings is 2. The average Bonchev–Trinajstić information content (AvgIpc) is 3.72. The number of hydrogen-bond acceptors (Lipinski definition) is 6. The van der Waals surface area contributed by atoms with Gasteiger partial charge in [-0.15, -0.1) is 0 Å². The van der Waals surface area contributed by atoms with Crippen molar-refractivity contribution in [2.75, 3.05) is 18.0 Å². The molecule has 1 aromatic carbocycles. The van der Waals surface area contributed by atoms with Crippen LogP contribution in [0.2, 0.25) is 10.0 Å². The summed E-state index contributed by atoms with van der Waals surface area (Å²) in [5.41, 5.74) is 2.65. The molecule has 1 N–H and O–H groups in total. The number of carboxylic acids is 1. The van der Waals surface area contributed by atoms with Crippen molar-refractivity contribution in [3.8, 4) is 11.3 Å². The molecule has 12 heteroatoms. The summed E-state index contributed by atoms with van der Waals surface area (Å²) in [7, 11) is 0. The molecule has 0 atom stereocenters. The normalized spacial score (nSPS) is 18.3. The smallest absolute Gasteiger partial charge is 0.417 e. The number of hydrogen-bond donors (Lipinski definition) is 1. The number of anilines is 1. The molecular formula is C31H25Cl2F3N4O3. The van der Waals surface area contributed by atoms with Crippen LogP contribution >= 0.6 is 23.2 Å². The number of fused-ring (bicyclic) bond motifs is 1. The van der Waals surface area contributed by atoms with Gasteiger partial charge in [0.25, 0.3) is 0 Å². The van der Waals surface area contributed by atoms with Gasteiger partial charge in [-0.25, -0.2) is 9.78 Å². The van der Waals surface area contributed by atoms with E-state index in [0.29, 0.717) is 52.1 Å². The minimum Gasteiger partial charge on any atom is -0.477 e. The van der Waals surface area contributed by atoms with Crippen LogP contribution in [-0.4, -0.2) is 39.3 Å². The molecule has 1 spiro atoms. The highest BCUT2D eigenvalue weighted by Crippen LogP contribution is 2.55. The molecule has 0 unspecified atom stereocenters. The second-order valence-electron chi connectivity index (χ2n) is 11.8. The molecule has 3 fully saturated rings. The van der Waals surface area contributed by atoms with Crippen LogP contribution in [0.3, 0.4) is 0 Å². The zero-order valence-electron chi connectivity index (χ0n) is 22.7. The molecule has 0 amide bonds. The van der Waals surface area contributed by atoms with Gasteiger partial charge in [0.2, 0.25) is 0 Å². The van der Waals surface area contributed by atoms with E-state index in [0.717, 1.165) is 49.8 Å². The Morgan fingerprint density at radius 1 is 1.09 bits per heavy atom. The van der Waals surface area contributed by atoms with Crippen molar-refractivity contribution in [2.45, 2.75) is 50.6 Å². The first kappa shape index (κ1) is 28.2. The van der Waals surface area contributed by atoms with Gasteiger partial charge < -0.3 is 14.5 Å². The highest BCUT2D eigenvalue weighted by atomic mass is 35.5. The number of aromatic nitrogens is 3. The lowest BCUT2D eigenvalue weighted by Crippen LogP contribution is -2.44. The minimum absolute atomic E-state index is 0.00578. The van der Waals surface area contributed by atoms with Crippen LogP contribution < -0.4 is 4.90 Å². The topological polar surface area (TPSA) is 92.3 Å². The predicted octanol–water partition coefficient (Wildman–Crippen LogP) is 8.65. The van der Waals surface area contributed by atoms with Gasteiger partial charge in [0.15, 0.2) is 0 Å². The zero-order valence-corrected chi connectivity index (χ0v) is 24.2. The molecule has 3 aliphatic rings. The Labute approximate surface area is 254 Å². The Kier molecular flexibility index (Phi) is 6.70. The Morgan fingerprint density at radius 3 is 2.42 bits per heavy atom. The van der Waals surface area contributed by atoms with E-state index in [-0.39, 0.29) is 16.3 Å². The van der Waals surface area contributed by atoms with E-state index in [4.69, 9.17) is 27.7 Å². The average molecular weight is 629 g/mol. The van der Waals surface area contributed by atoms with Crippen molar-refractivity contribution in [1.82, 2.24) is 15.1 Å². The largest absolute Gasteiger partial charge is 0.477 e. The van der Waals surface area contributed by atoms with Gasteiger partial charge in [-0.3, -0.25) is 4.98 Å². The molecule has 3 aromatic heterocycles. The van der Waals surface area contributed by atoms with Crippen molar-refractivity contribution in [3.63, 3.8) is 0 Å². The molecule has 2 aliphatic carbocycles. The molecule has 0 bridgehead atoms. The highest BCUT2D eigenvalue weighted by molar-refractivity contribution is 6.39. The van der Waals surface area contributed by atoms with Crippen LogP contribution in [0.4, 0.5) is 18.9 Å². The maximum atomic E-state index is 13.8. The second kappa shape index (κ2) is 10.2. The summed E-state index contributed by atoms with van der Waals surface area (Å²) in [4.78, 5) is 21.4. The fourth-order valence-corrected chi connectivity index (χ4v) is 7.02. The zero-order chi connectivity index (χ0) is 30.1. The molecule has 4 aromatic rings. The Bertz CT molecular complexity index is 1780. The van der Waals surface area contributed by atoms with Crippen LogP contribution in [0.15, 0.2) is 46.8 Å². The second-order valence-corrected chi connectivity index (χ2v) is 12.6. The van der Waals surface area contributed by atoms with E-state index in [1.807, 2.05) is 0 Å². The lowest BCUT2D eigenvalue weighted by Gasteiger charge is -2.50. The standard InChI is InChI=1S/C31H25Cl2F3N4O3/c32-22-14-37-15-23(33)26(22)27-20(28(43-39-27)17-1-2-17)9-16-12-30(13-16)5-7-40(8-6-30)18-3-4-24-19(10-18)21(31(34,35)36)11-25(38-24)29(41)42/h3-4,9-11,14-15,17H,1-2,5-8,12-13H2,(H,41,42). The number of allylic oxidation sites excluding steroid dienone is 1. The number of aromatic carboxylic acids is 1. The van der Waals surface area contributed by atoms with E-state index < -0.39 is 23.4 Å². The number of benzene rings is 1. The fourth-order valence-electron chi connectivity index (χ4n) is 6.47. The maximum absolute atomic E-state index is 13.8. The third-order valence-corrected chi connectivity index (χ3v) is 9.43. The summed E-state index contributed by atoms with van der Waals surface area (Å²) >= 11 is 12.9. The number of rotatable bonds is 5. The molecule has 43 heavy (non-hydrogen) atoms. The van der Waals surface area contributed by atoms with Crippen LogP contribution in [0.1, 0.15) is 71.8 Å². The number of alkyl halides is 3.